The van der Waals surface area contributed by atoms with Crippen molar-refractivity contribution < 1.29 is 17.7 Å². The molecule has 0 atom stereocenters. The Morgan fingerprint density at radius 1 is 1.09 bits per heavy atom. The minimum absolute atomic E-state index is 0.139. The largest absolute Gasteiger partial charge is 0.417 e. The van der Waals surface area contributed by atoms with Crippen molar-refractivity contribution in [3.8, 4) is 11.8 Å². The summed E-state index contributed by atoms with van der Waals surface area (Å²) in [5.41, 5.74) is 2.44. The number of fused-ring (bicyclic) bond motifs is 2. The topological polar surface area (TPSA) is 81.1 Å². The third-order valence-corrected chi connectivity index (χ3v) is 4.77. The molecule has 4 heterocycles. The molecule has 0 aliphatic rings. The van der Waals surface area contributed by atoms with Crippen LogP contribution in [0.15, 0.2) is 59.6 Å². The molecule has 0 saturated carbocycles. The number of alkyl halides is 3. The second kappa shape index (κ2) is 7.39. The molecule has 0 radical (unpaired) electrons. The maximum absolute atomic E-state index is 13.0. The molecule has 5 aromatic rings. The molecule has 0 unspecified atom stereocenters. The van der Waals surface area contributed by atoms with Crippen LogP contribution in [0.25, 0.3) is 16.6 Å². The SMILES string of the molecule is Cc1ccc2c(Nc3cncc(C(F)(F)F)c3)noc2c1C#Cc1cnc2cccnn12. The molecule has 4 aromatic heterocycles. The number of hydrogen-bond acceptors (Lipinski definition) is 6. The van der Waals surface area contributed by atoms with Crippen LogP contribution in [0.4, 0.5) is 24.7 Å². The van der Waals surface area contributed by atoms with Crippen LogP contribution in [0.3, 0.4) is 0 Å². The molecule has 0 aliphatic heterocycles. The Bertz CT molecular complexity index is 1520. The van der Waals surface area contributed by atoms with E-state index in [0.29, 0.717) is 27.9 Å². The first-order chi connectivity index (χ1) is 15.4. The molecule has 1 aromatic carbocycles. The van der Waals surface area contributed by atoms with E-state index in [1.165, 1.54) is 6.20 Å². The highest BCUT2D eigenvalue weighted by atomic mass is 19.4. The van der Waals surface area contributed by atoms with Gasteiger partial charge in [0, 0.05) is 12.4 Å². The molecule has 0 amide bonds. The fraction of sp³-hybridized carbons (Fsp3) is 0.0909. The number of nitrogens with one attached hydrogen (secondary N) is 1. The highest BCUT2D eigenvalue weighted by Gasteiger charge is 2.31. The lowest BCUT2D eigenvalue weighted by molar-refractivity contribution is -0.137. The summed E-state index contributed by atoms with van der Waals surface area (Å²) >= 11 is 0. The summed E-state index contributed by atoms with van der Waals surface area (Å²) in [7, 11) is 0. The van der Waals surface area contributed by atoms with E-state index in [0.717, 1.165) is 17.8 Å². The van der Waals surface area contributed by atoms with Gasteiger partial charge >= 0.3 is 6.18 Å². The number of nitrogens with zero attached hydrogens (tertiary/aromatic N) is 5. The Morgan fingerprint density at radius 2 is 1.97 bits per heavy atom. The molecule has 0 bridgehead atoms. The lowest BCUT2D eigenvalue weighted by atomic mass is 10.1. The van der Waals surface area contributed by atoms with Gasteiger partial charge < -0.3 is 9.84 Å². The number of pyridine rings is 1. The molecule has 7 nitrogen and oxygen atoms in total. The second-order valence-electron chi connectivity index (χ2n) is 6.94. The average molecular weight is 434 g/mol. The van der Waals surface area contributed by atoms with E-state index in [-0.39, 0.29) is 11.5 Å². The maximum Gasteiger partial charge on any atom is 0.417 e. The Morgan fingerprint density at radius 3 is 2.81 bits per heavy atom. The fourth-order valence-corrected chi connectivity index (χ4v) is 3.19. The number of rotatable bonds is 2. The van der Waals surface area contributed by atoms with Crippen molar-refractivity contribution in [1.29, 1.82) is 0 Å². The monoisotopic (exact) mass is 434 g/mol. The van der Waals surface area contributed by atoms with Gasteiger partial charge in [0.05, 0.1) is 34.6 Å². The minimum Gasteiger partial charge on any atom is -0.353 e. The lowest BCUT2D eigenvalue weighted by Gasteiger charge is -2.08. The first kappa shape index (κ1) is 19.6. The number of aryl methyl sites for hydroxylation is 1. The van der Waals surface area contributed by atoms with Crippen LogP contribution in [0.5, 0.6) is 0 Å². The summed E-state index contributed by atoms with van der Waals surface area (Å²) in [6, 6.07) is 8.17. The van der Waals surface area contributed by atoms with Crippen molar-refractivity contribution in [2.75, 3.05) is 5.32 Å². The predicted octanol–water partition coefficient (Wildman–Crippen LogP) is 4.74. The highest BCUT2D eigenvalue weighted by molar-refractivity contribution is 5.94. The molecule has 5 rings (SSSR count). The van der Waals surface area contributed by atoms with Crippen LogP contribution < -0.4 is 5.32 Å². The van der Waals surface area contributed by atoms with Gasteiger partial charge in [0.2, 0.25) is 0 Å². The van der Waals surface area contributed by atoms with E-state index in [1.807, 2.05) is 19.1 Å². The van der Waals surface area contributed by atoms with Crippen molar-refractivity contribution in [3.05, 3.63) is 77.5 Å². The molecule has 10 heteroatoms. The van der Waals surface area contributed by atoms with Crippen LogP contribution in [0.2, 0.25) is 0 Å². The van der Waals surface area contributed by atoms with Gasteiger partial charge in [-0.15, -0.1) is 0 Å². The van der Waals surface area contributed by atoms with Gasteiger partial charge in [-0.05, 0) is 42.7 Å². The van der Waals surface area contributed by atoms with Crippen molar-refractivity contribution in [2.45, 2.75) is 13.1 Å². The zero-order chi connectivity index (χ0) is 22.3. The summed E-state index contributed by atoms with van der Waals surface area (Å²) < 4.78 is 46.0. The summed E-state index contributed by atoms with van der Waals surface area (Å²) in [5, 5.41) is 11.6. The van der Waals surface area contributed by atoms with Crippen molar-refractivity contribution in [1.82, 2.24) is 24.7 Å². The Hall–Kier alpha value is -4.39. The van der Waals surface area contributed by atoms with E-state index in [9.17, 15) is 13.2 Å². The van der Waals surface area contributed by atoms with Crippen LogP contribution in [-0.2, 0) is 6.18 Å². The molecule has 0 spiro atoms. The van der Waals surface area contributed by atoms with Gasteiger partial charge in [-0.3, -0.25) is 4.98 Å². The van der Waals surface area contributed by atoms with E-state index >= 15 is 0 Å². The number of hydrogen-bond donors (Lipinski definition) is 1. The lowest BCUT2D eigenvalue weighted by Crippen LogP contribution is -2.06. The van der Waals surface area contributed by atoms with Crippen LogP contribution in [0.1, 0.15) is 22.4 Å². The smallest absolute Gasteiger partial charge is 0.353 e. The van der Waals surface area contributed by atoms with Crippen molar-refractivity contribution in [2.24, 2.45) is 0 Å². The third-order valence-electron chi connectivity index (χ3n) is 4.77. The summed E-state index contributed by atoms with van der Waals surface area (Å²) in [5.74, 6) is 6.39. The Balaban J connectivity index is 1.53. The standard InChI is InChI=1S/C22H13F3N6O/c1-13-4-6-18-20(17(13)7-5-16-12-27-19-3-2-8-28-31(16)19)32-30-21(18)29-15-9-14(10-26-11-15)22(23,24)25/h2-4,6,8-12H,1H3,(H,29,30). The Labute approximate surface area is 178 Å². The molecule has 0 fully saturated rings. The van der Waals surface area contributed by atoms with Gasteiger partial charge in [0.1, 0.15) is 5.69 Å². The average Bonchev–Trinajstić information content (AvgIpc) is 3.37. The highest BCUT2D eigenvalue weighted by Crippen LogP contribution is 2.33. The first-order valence-electron chi connectivity index (χ1n) is 9.39. The number of anilines is 2. The van der Waals surface area contributed by atoms with E-state index in [1.54, 1.807) is 29.0 Å². The zero-order valence-electron chi connectivity index (χ0n) is 16.5. The van der Waals surface area contributed by atoms with Crippen molar-refractivity contribution in [3.63, 3.8) is 0 Å². The summed E-state index contributed by atoms with van der Waals surface area (Å²) in [4.78, 5) is 7.91. The number of aromatic nitrogens is 5. The van der Waals surface area contributed by atoms with Crippen LogP contribution in [0, 0.1) is 18.8 Å². The molecule has 32 heavy (non-hydrogen) atoms. The van der Waals surface area contributed by atoms with Crippen molar-refractivity contribution >= 4 is 28.1 Å². The Kier molecular flexibility index (Phi) is 4.52. The van der Waals surface area contributed by atoms with E-state index in [4.69, 9.17) is 4.52 Å². The molecule has 0 saturated heterocycles. The van der Waals surface area contributed by atoms with Gasteiger partial charge in [0.25, 0.3) is 0 Å². The fourth-order valence-electron chi connectivity index (χ4n) is 3.19. The van der Waals surface area contributed by atoms with Gasteiger partial charge in [-0.2, -0.15) is 18.3 Å². The van der Waals surface area contributed by atoms with Crippen LogP contribution >= 0.6 is 0 Å². The summed E-state index contributed by atoms with van der Waals surface area (Å²) in [6.45, 7) is 1.88. The number of imidazole rings is 1. The van der Waals surface area contributed by atoms with Gasteiger partial charge in [-0.1, -0.05) is 17.1 Å². The molecular weight excluding hydrogens is 421 g/mol. The zero-order valence-corrected chi connectivity index (χ0v) is 16.5. The predicted molar refractivity (Wildman–Crippen MR) is 110 cm³/mol. The molecule has 1 N–H and O–H groups in total. The number of benzene rings is 1. The molecule has 158 valence electrons. The minimum atomic E-state index is -4.50. The second-order valence-corrected chi connectivity index (χ2v) is 6.94. The molecule has 0 aliphatic carbocycles. The molecular formula is C22H13F3N6O. The van der Waals surface area contributed by atoms with E-state index in [2.05, 4.69) is 37.4 Å². The summed E-state index contributed by atoms with van der Waals surface area (Å²) in [6.07, 6.45) is 0.811. The maximum atomic E-state index is 13.0. The number of halogens is 3. The van der Waals surface area contributed by atoms with Gasteiger partial charge in [0.15, 0.2) is 17.0 Å². The van der Waals surface area contributed by atoms with E-state index < -0.39 is 11.7 Å². The third kappa shape index (κ3) is 3.50. The quantitative estimate of drug-likeness (QED) is 0.405. The van der Waals surface area contributed by atoms with Crippen LogP contribution in [-0.4, -0.2) is 24.7 Å². The first-order valence-corrected chi connectivity index (χ1v) is 9.39. The normalized spacial score (nSPS) is 11.5. The van der Waals surface area contributed by atoms with Gasteiger partial charge in [-0.25, -0.2) is 9.50 Å².